The van der Waals surface area contributed by atoms with E-state index in [1.807, 2.05) is 0 Å². The minimum atomic E-state index is -4.86. The van der Waals surface area contributed by atoms with Crippen LogP contribution in [-0.2, 0) is 53.5 Å². The van der Waals surface area contributed by atoms with Gasteiger partial charge >= 0.3 is 11.9 Å². The number of hydrogen-bond acceptors (Lipinski definition) is 11. The van der Waals surface area contributed by atoms with Gasteiger partial charge in [0.2, 0.25) is 5.91 Å². The number of aryl methyl sites for hydroxylation is 1. The number of phosphoric ester groups is 1. The molecule has 1 N–H and O–H groups in total. The summed E-state index contributed by atoms with van der Waals surface area (Å²) < 4.78 is 33.6. The molecule has 0 saturated heterocycles. The van der Waals surface area contributed by atoms with E-state index in [0.717, 1.165) is 49.0 Å². The minimum Gasteiger partial charge on any atom is -0.756 e. The second kappa shape index (κ2) is 37.7. The lowest BCUT2D eigenvalue weighted by Crippen LogP contribution is -2.31. The van der Waals surface area contributed by atoms with Crippen LogP contribution in [0.3, 0.4) is 0 Å². The third-order valence-corrected chi connectivity index (χ3v) is 12.6. The smallest absolute Gasteiger partial charge is 0.306 e. The predicted octanol–water partition coefficient (Wildman–Crippen LogP) is 11.5. The first-order chi connectivity index (χ1) is 31.5. The van der Waals surface area contributed by atoms with Crippen LogP contribution in [0.5, 0.6) is 0 Å². The van der Waals surface area contributed by atoms with Gasteiger partial charge < -0.3 is 28.7 Å². The van der Waals surface area contributed by atoms with E-state index in [1.165, 1.54) is 128 Å². The van der Waals surface area contributed by atoms with Crippen LogP contribution in [0.2, 0.25) is 0 Å². The molecule has 1 aromatic rings. The van der Waals surface area contributed by atoms with Gasteiger partial charge in [0.15, 0.2) is 6.10 Å². The summed E-state index contributed by atoms with van der Waals surface area (Å²) in [7, 11) is -4.86. The molecule has 0 aromatic heterocycles. The maximum Gasteiger partial charge on any atom is 0.306 e. The lowest BCUT2D eigenvalue weighted by Gasteiger charge is -2.25. The summed E-state index contributed by atoms with van der Waals surface area (Å²) in [6.07, 6.45) is 33.8. The zero-order valence-electron chi connectivity index (χ0n) is 40.2. The number of carbonyl (C=O) groups excluding carboxylic acids is 5. The van der Waals surface area contributed by atoms with Crippen molar-refractivity contribution in [1.29, 1.82) is 0 Å². The van der Waals surface area contributed by atoms with Gasteiger partial charge in [-0.1, -0.05) is 180 Å². The average molecular weight is 932 g/mol. The fraction of sp³-hybridized carbons (Fsp3) is 0.745. The number of hydrogen-bond donors (Lipinski definition) is 1. The van der Waals surface area contributed by atoms with Crippen LogP contribution in [-0.4, -0.2) is 62.1 Å². The van der Waals surface area contributed by atoms with Gasteiger partial charge in [0.05, 0.1) is 18.9 Å². The number of benzene rings is 1. The molecule has 0 bridgehead atoms. The third-order valence-electron chi connectivity index (χ3n) is 11.7. The van der Waals surface area contributed by atoms with E-state index < -0.39 is 44.3 Å². The van der Waals surface area contributed by atoms with Gasteiger partial charge in [0, 0.05) is 38.0 Å². The van der Waals surface area contributed by atoms with Crippen molar-refractivity contribution in [3.8, 4) is 0 Å². The van der Waals surface area contributed by atoms with Crippen molar-refractivity contribution in [2.45, 2.75) is 219 Å². The van der Waals surface area contributed by atoms with E-state index in [-0.39, 0.29) is 44.9 Å². The second-order valence-electron chi connectivity index (χ2n) is 17.6. The molecule has 0 saturated carbocycles. The number of carbonyl (C=O) groups is 5. The van der Waals surface area contributed by atoms with Gasteiger partial charge in [-0.05, 0) is 43.4 Å². The number of phosphoric acid groups is 1. The van der Waals surface area contributed by atoms with Crippen LogP contribution in [0.1, 0.15) is 212 Å². The molecule has 1 aromatic carbocycles. The highest BCUT2D eigenvalue weighted by atomic mass is 31.2. The molecule has 65 heavy (non-hydrogen) atoms. The molecular weight excluding hydrogens is 848 g/mol. The Hall–Kier alpha value is -3.38. The summed E-state index contributed by atoms with van der Waals surface area (Å²) in [4.78, 5) is 75.2. The van der Waals surface area contributed by atoms with Crippen LogP contribution >= 0.6 is 7.82 Å². The Morgan fingerprint density at radius 3 is 1.51 bits per heavy atom. The summed E-state index contributed by atoms with van der Waals surface area (Å²) in [6, 6.07) is 6.95. The van der Waals surface area contributed by atoms with Crippen molar-refractivity contribution in [2.24, 2.45) is 0 Å². The highest BCUT2D eigenvalue weighted by molar-refractivity contribution is 7.45. The molecule has 13 nitrogen and oxygen atoms in total. The van der Waals surface area contributed by atoms with E-state index >= 15 is 0 Å². The van der Waals surface area contributed by atoms with Crippen LogP contribution in [0.4, 0.5) is 5.69 Å². The first-order valence-corrected chi connectivity index (χ1v) is 26.9. The Kier molecular flexibility index (Phi) is 33.5. The Morgan fingerprint density at radius 2 is 1.03 bits per heavy atom. The van der Waals surface area contributed by atoms with Gasteiger partial charge in [0.1, 0.15) is 6.61 Å². The summed E-state index contributed by atoms with van der Waals surface area (Å²) in [5.74, 6) is -2.02. The molecule has 2 rings (SSSR count). The van der Waals surface area contributed by atoms with E-state index in [9.17, 15) is 33.4 Å². The van der Waals surface area contributed by atoms with Crippen molar-refractivity contribution in [3.63, 3.8) is 0 Å². The Balaban J connectivity index is 1.68. The molecule has 14 heteroatoms. The maximum atomic E-state index is 12.8. The zero-order valence-corrected chi connectivity index (χ0v) is 41.1. The van der Waals surface area contributed by atoms with Gasteiger partial charge in [0.25, 0.3) is 19.6 Å². The normalized spacial score (nSPS) is 13.9. The van der Waals surface area contributed by atoms with E-state index in [0.29, 0.717) is 31.4 Å². The fourth-order valence-electron chi connectivity index (χ4n) is 7.76. The Bertz CT molecular complexity index is 1520. The highest BCUT2D eigenvalue weighted by Gasteiger charge is 2.25. The molecule has 1 aliphatic heterocycles. The second-order valence-corrected chi connectivity index (χ2v) is 19.0. The van der Waals surface area contributed by atoms with Gasteiger partial charge in [-0.25, -0.2) is 4.90 Å². The van der Waals surface area contributed by atoms with Crippen molar-refractivity contribution in [1.82, 2.24) is 5.32 Å². The molecule has 1 heterocycles. The van der Waals surface area contributed by atoms with E-state index in [2.05, 4.69) is 19.2 Å². The van der Waals surface area contributed by atoms with Gasteiger partial charge in [-0.3, -0.25) is 28.5 Å². The predicted molar refractivity (Wildman–Crippen MR) is 255 cm³/mol. The lowest BCUT2D eigenvalue weighted by molar-refractivity contribution is -0.228. The average Bonchev–Trinajstić information content (AvgIpc) is 3.63. The number of anilines is 1. The van der Waals surface area contributed by atoms with Crippen LogP contribution in [0.15, 0.2) is 36.4 Å². The monoisotopic (exact) mass is 932 g/mol. The molecule has 1 unspecified atom stereocenters. The van der Waals surface area contributed by atoms with E-state index in [4.69, 9.17) is 18.5 Å². The fourth-order valence-corrected chi connectivity index (χ4v) is 8.50. The first-order valence-electron chi connectivity index (χ1n) is 25.4. The molecule has 1 aliphatic rings. The molecular formula is C51H84N2O11P-. The number of unbranched alkanes of at least 4 members (excludes halogenated alkanes) is 24. The van der Waals surface area contributed by atoms with Crippen LogP contribution in [0.25, 0.3) is 0 Å². The molecule has 0 aliphatic carbocycles. The number of imide groups is 1. The van der Waals surface area contributed by atoms with Crippen molar-refractivity contribution < 1.29 is 52.0 Å². The Labute approximate surface area is 391 Å². The van der Waals surface area contributed by atoms with Gasteiger partial charge in [-0.2, -0.15) is 0 Å². The van der Waals surface area contributed by atoms with E-state index in [1.54, 1.807) is 24.3 Å². The summed E-state index contributed by atoms with van der Waals surface area (Å²) >= 11 is 0. The molecule has 370 valence electrons. The number of nitrogens with one attached hydrogen (secondary N) is 1. The SMILES string of the molecule is CCCCCCCCCCCCCCCC(=O)OC[C@H](COP(=O)([O-])OCCNC(=O)CCCc1ccc(N2C(=O)C=CC2=O)cc1)OC(=O)CCCCCCCCCCCCCCC. The number of esters is 2. The van der Waals surface area contributed by atoms with Crippen LogP contribution in [0, 0.1) is 0 Å². The molecule has 3 amide bonds. The molecule has 0 spiro atoms. The Morgan fingerprint density at radius 1 is 0.585 bits per heavy atom. The number of ether oxygens (including phenoxy) is 2. The number of amides is 3. The highest BCUT2D eigenvalue weighted by Crippen LogP contribution is 2.38. The van der Waals surface area contributed by atoms with Crippen LogP contribution < -0.4 is 15.1 Å². The van der Waals surface area contributed by atoms with Crippen molar-refractivity contribution >= 4 is 43.2 Å². The molecule has 2 atom stereocenters. The standard InChI is InChI=1S/C51H85N2O11P/c1-3-5-7-9-11-13-15-17-19-21-23-25-27-32-50(57)61-42-46(64-51(58)33-28-26-24-22-20-18-16-14-12-10-8-6-4-2)43-63-65(59,60)62-41-40-52-47(54)31-29-30-44-34-36-45(37-35-44)53-48(55)38-39-49(53)56/h34-39,46H,3-33,40-43H2,1-2H3,(H,52,54)(H,59,60)/p-1/t46-/m1/s1. The number of nitrogens with zero attached hydrogens (tertiary/aromatic N) is 1. The first kappa shape index (κ1) is 57.7. The molecule has 0 fully saturated rings. The largest absolute Gasteiger partial charge is 0.756 e. The minimum absolute atomic E-state index is 0.0800. The summed E-state index contributed by atoms with van der Waals surface area (Å²) in [5, 5.41) is 2.62. The topological polar surface area (TPSA) is 178 Å². The lowest BCUT2D eigenvalue weighted by atomic mass is 10.0. The van der Waals surface area contributed by atoms with Crippen molar-refractivity contribution in [3.05, 3.63) is 42.0 Å². The molecule has 0 radical (unpaired) electrons. The third kappa shape index (κ3) is 30.5. The van der Waals surface area contributed by atoms with Gasteiger partial charge in [-0.15, -0.1) is 0 Å². The summed E-state index contributed by atoms with van der Waals surface area (Å²) in [5.41, 5.74) is 1.40. The maximum absolute atomic E-state index is 12.8. The summed E-state index contributed by atoms with van der Waals surface area (Å²) in [6.45, 7) is 3.11. The quantitative estimate of drug-likeness (QED) is 0.0285. The van der Waals surface area contributed by atoms with Crippen molar-refractivity contribution in [2.75, 3.05) is 31.3 Å². The number of rotatable bonds is 43. The zero-order chi connectivity index (χ0) is 47.2.